The van der Waals surface area contributed by atoms with Crippen LogP contribution in [0.1, 0.15) is 40.2 Å². The molecule has 0 radical (unpaired) electrons. The van der Waals surface area contributed by atoms with Crippen LogP contribution in [0.5, 0.6) is 0 Å². The number of halogens is 1. The Kier molecular flexibility index (Phi) is 5.06. The molecule has 1 aromatic heterocycles. The van der Waals surface area contributed by atoms with Gasteiger partial charge >= 0.3 is 6.09 Å². The normalized spacial score (nSPS) is 28.6. The number of aliphatic hydroxyl groups is 1. The van der Waals surface area contributed by atoms with E-state index in [9.17, 15) is 9.90 Å². The molecule has 1 N–H and O–H groups in total. The lowest BCUT2D eigenvalue weighted by Crippen LogP contribution is -2.56. The van der Waals surface area contributed by atoms with Crippen LogP contribution in [0.25, 0.3) is 0 Å². The van der Waals surface area contributed by atoms with Crippen LogP contribution in [0.15, 0.2) is 22.9 Å². The van der Waals surface area contributed by atoms with E-state index in [0.717, 1.165) is 10.2 Å². The van der Waals surface area contributed by atoms with Gasteiger partial charge in [-0.05, 0) is 42.8 Å². The van der Waals surface area contributed by atoms with Gasteiger partial charge in [0.25, 0.3) is 0 Å². The molecule has 3 atom stereocenters. The van der Waals surface area contributed by atoms with Gasteiger partial charge in [0, 0.05) is 36.7 Å². The van der Waals surface area contributed by atoms with Gasteiger partial charge in [-0.15, -0.1) is 0 Å². The topological polar surface area (TPSA) is 62.7 Å². The van der Waals surface area contributed by atoms with Gasteiger partial charge in [0.1, 0.15) is 10.2 Å². The second-order valence-electron chi connectivity index (χ2n) is 7.38. The Morgan fingerprint density at radius 1 is 1.35 bits per heavy atom. The Bertz CT molecular complexity index is 556. The van der Waals surface area contributed by atoms with Crippen LogP contribution < -0.4 is 0 Å². The zero-order chi connectivity index (χ0) is 17.4. The van der Waals surface area contributed by atoms with Crippen LogP contribution in [0.4, 0.5) is 4.79 Å². The van der Waals surface area contributed by atoms with Crippen molar-refractivity contribution in [3.05, 3.63) is 28.5 Å². The third-order valence-electron chi connectivity index (χ3n) is 4.33. The molecule has 6 heteroatoms. The minimum atomic E-state index is -1.01. The SMILES string of the molecule is C[C@@H]1CN(C(=O)OC(C)(C)C)C[C@H](C)C1(O)c1ccc(Br)nc1. The van der Waals surface area contributed by atoms with E-state index >= 15 is 0 Å². The van der Waals surface area contributed by atoms with Gasteiger partial charge < -0.3 is 14.7 Å². The third-order valence-corrected chi connectivity index (χ3v) is 4.80. The van der Waals surface area contributed by atoms with E-state index in [0.29, 0.717) is 13.1 Å². The average Bonchev–Trinajstić information content (AvgIpc) is 2.43. The lowest BCUT2D eigenvalue weighted by atomic mass is 9.71. The summed E-state index contributed by atoms with van der Waals surface area (Å²) in [5.74, 6) is -0.247. The van der Waals surface area contributed by atoms with Gasteiger partial charge in [0.15, 0.2) is 0 Å². The quantitative estimate of drug-likeness (QED) is 0.751. The van der Waals surface area contributed by atoms with Crippen LogP contribution >= 0.6 is 15.9 Å². The van der Waals surface area contributed by atoms with Gasteiger partial charge in [-0.25, -0.2) is 9.78 Å². The van der Waals surface area contributed by atoms with Crippen molar-refractivity contribution < 1.29 is 14.6 Å². The summed E-state index contributed by atoms with van der Waals surface area (Å²) < 4.78 is 6.18. The summed E-state index contributed by atoms with van der Waals surface area (Å²) in [6.07, 6.45) is 1.37. The van der Waals surface area contributed by atoms with Crippen molar-refractivity contribution >= 4 is 22.0 Å². The Morgan fingerprint density at radius 2 is 1.91 bits per heavy atom. The van der Waals surface area contributed by atoms with Crippen LogP contribution in [0.2, 0.25) is 0 Å². The lowest BCUT2D eigenvalue weighted by molar-refractivity contribution is -0.111. The number of nitrogens with zero attached hydrogens (tertiary/aromatic N) is 2. The van der Waals surface area contributed by atoms with Crippen LogP contribution in [-0.2, 0) is 10.3 Å². The van der Waals surface area contributed by atoms with E-state index in [1.807, 2.05) is 46.8 Å². The number of aromatic nitrogens is 1. The van der Waals surface area contributed by atoms with Gasteiger partial charge in [0.2, 0.25) is 0 Å². The predicted octanol–water partition coefficient (Wildman–Crippen LogP) is 3.55. The number of rotatable bonds is 1. The second-order valence-corrected chi connectivity index (χ2v) is 8.19. The minimum absolute atomic E-state index is 0.123. The van der Waals surface area contributed by atoms with Crippen LogP contribution in [0.3, 0.4) is 0 Å². The van der Waals surface area contributed by atoms with E-state index in [1.165, 1.54) is 0 Å². The van der Waals surface area contributed by atoms with Crippen LogP contribution in [0, 0.1) is 11.8 Å². The van der Waals surface area contributed by atoms with Crippen molar-refractivity contribution in [1.29, 1.82) is 0 Å². The highest BCUT2D eigenvalue weighted by Crippen LogP contribution is 2.41. The van der Waals surface area contributed by atoms with Crippen molar-refractivity contribution in [3.8, 4) is 0 Å². The third kappa shape index (κ3) is 3.86. The molecule has 0 bridgehead atoms. The molecule has 0 aromatic carbocycles. The standard InChI is InChI=1S/C17H25BrN2O3/c1-11-9-20(15(21)23-16(3,4)5)10-12(2)17(11,22)13-6-7-14(18)19-8-13/h6-8,11-12,22H,9-10H2,1-5H3/t11-,12+,17?. The summed E-state index contributed by atoms with van der Waals surface area (Å²) in [5, 5.41) is 11.3. The van der Waals surface area contributed by atoms with Crippen molar-refractivity contribution in [2.24, 2.45) is 11.8 Å². The first kappa shape index (κ1) is 18.2. The van der Waals surface area contributed by atoms with Gasteiger partial charge in [-0.1, -0.05) is 19.9 Å². The number of carbonyl (C=O) groups is 1. The Morgan fingerprint density at radius 3 is 2.35 bits per heavy atom. The molecule has 1 fully saturated rings. The molecule has 0 spiro atoms. The molecular formula is C17H25BrN2O3. The average molecular weight is 385 g/mol. The maximum atomic E-state index is 12.3. The lowest BCUT2D eigenvalue weighted by Gasteiger charge is -2.47. The van der Waals surface area contributed by atoms with Gasteiger partial charge in [-0.2, -0.15) is 0 Å². The van der Waals surface area contributed by atoms with E-state index in [-0.39, 0.29) is 17.9 Å². The van der Waals surface area contributed by atoms with E-state index in [1.54, 1.807) is 11.1 Å². The molecule has 128 valence electrons. The molecule has 1 unspecified atom stereocenters. The summed E-state index contributed by atoms with van der Waals surface area (Å²) >= 11 is 3.31. The molecular weight excluding hydrogens is 360 g/mol. The molecule has 2 heterocycles. The Balaban J connectivity index is 2.19. The molecule has 5 nitrogen and oxygen atoms in total. The molecule has 2 rings (SSSR count). The number of hydrogen-bond donors (Lipinski definition) is 1. The fourth-order valence-electron chi connectivity index (χ4n) is 3.16. The fraction of sp³-hybridized carbons (Fsp3) is 0.647. The first-order valence-corrected chi connectivity index (χ1v) is 8.65. The fourth-order valence-corrected chi connectivity index (χ4v) is 3.39. The van der Waals surface area contributed by atoms with Crippen molar-refractivity contribution in [2.45, 2.75) is 45.8 Å². The zero-order valence-electron chi connectivity index (χ0n) is 14.3. The number of carbonyl (C=O) groups excluding carboxylic acids is 1. The van der Waals surface area contributed by atoms with Gasteiger partial charge in [-0.3, -0.25) is 0 Å². The Labute approximate surface area is 146 Å². The maximum Gasteiger partial charge on any atom is 0.410 e. The van der Waals surface area contributed by atoms with Gasteiger partial charge in [0.05, 0.1) is 5.60 Å². The zero-order valence-corrected chi connectivity index (χ0v) is 15.9. The number of ether oxygens (including phenoxy) is 1. The van der Waals surface area contributed by atoms with Crippen LogP contribution in [-0.4, -0.2) is 39.8 Å². The summed E-state index contributed by atoms with van der Waals surface area (Å²) in [4.78, 5) is 18.2. The smallest absolute Gasteiger partial charge is 0.410 e. The largest absolute Gasteiger partial charge is 0.444 e. The summed E-state index contributed by atoms with van der Waals surface area (Å²) in [7, 11) is 0. The van der Waals surface area contributed by atoms with Crippen molar-refractivity contribution in [3.63, 3.8) is 0 Å². The maximum absolute atomic E-state index is 12.3. The molecule has 0 saturated carbocycles. The predicted molar refractivity (Wildman–Crippen MR) is 92.0 cm³/mol. The highest BCUT2D eigenvalue weighted by molar-refractivity contribution is 9.10. The number of amides is 1. The second kappa shape index (κ2) is 6.40. The molecule has 0 aliphatic carbocycles. The number of pyridine rings is 1. The highest BCUT2D eigenvalue weighted by atomic mass is 79.9. The molecule has 1 amide bonds. The van der Waals surface area contributed by atoms with E-state index in [4.69, 9.17) is 4.74 Å². The first-order chi connectivity index (χ1) is 10.5. The van der Waals surface area contributed by atoms with E-state index < -0.39 is 11.2 Å². The number of hydrogen-bond acceptors (Lipinski definition) is 4. The molecule has 1 aromatic rings. The Hall–Kier alpha value is -1.14. The monoisotopic (exact) mass is 384 g/mol. The summed E-state index contributed by atoms with van der Waals surface area (Å²) in [6, 6.07) is 3.71. The molecule has 23 heavy (non-hydrogen) atoms. The minimum Gasteiger partial charge on any atom is -0.444 e. The molecule has 1 saturated heterocycles. The van der Waals surface area contributed by atoms with E-state index in [2.05, 4.69) is 20.9 Å². The molecule has 1 aliphatic heterocycles. The van der Waals surface area contributed by atoms with Crippen molar-refractivity contribution in [2.75, 3.05) is 13.1 Å². The van der Waals surface area contributed by atoms with Crippen molar-refractivity contribution in [1.82, 2.24) is 9.88 Å². The highest BCUT2D eigenvalue weighted by Gasteiger charge is 2.47. The first-order valence-electron chi connectivity index (χ1n) is 7.86. The molecule has 1 aliphatic rings. The summed E-state index contributed by atoms with van der Waals surface area (Å²) in [5.41, 5.74) is -0.747. The number of likely N-dealkylation sites (tertiary alicyclic amines) is 1. The number of piperidine rings is 1. The summed E-state index contributed by atoms with van der Waals surface area (Å²) in [6.45, 7) is 10.4.